The Morgan fingerprint density at radius 1 is 1.04 bits per heavy atom. The summed E-state index contributed by atoms with van der Waals surface area (Å²) in [5, 5.41) is 9.16. The number of aromatic nitrogens is 1. The molecule has 0 aliphatic heterocycles. The summed E-state index contributed by atoms with van der Waals surface area (Å²) in [6.45, 7) is 0.504. The predicted molar refractivity (Wildman–Crippen MR) is 86.8 cm³/mol. The molecule has 0 spiro atoms. The van der Waals surface area contributed by atoms with Crippen LogP contribution < -0.4 is 5.56 Å². The van der Waals surface area contributed by atoms with Gasteiger partial charge in [-0.15, -0.1) is 0 Å². The van der Waals surface area contributed by atoms with E-state index in [1.165, 1.54) is 12.1 Å². The van der Waals surface area contributed by atoms with Gasteiger partial charge in [-0.2, -0.15) is 26.3 Å². The van der Waals surface area contributed by atoms with Crippen molar-refractivity contribution >= 4 is 5.97 Å². The Hall–Kier alpha value is -2.78. The molecule has 0 bridgehead atoms. The van der Waals surface area contributed by atoms with Gasteiger partial charge in [0, 0.05) is 12.3 Å². The minimum atomic E-state index is -4.72. The maximum absolute atomic E-state index is 12.9. The fraction of sp³-hybridized carbons (Fsp3) is 0.333. The molecule has 1 aromatic carbocycles. The molecule has 0 aliphatic rings. The Morgan fingerprint density at radius 3 is 2.07 bits per heavy atom. The molecule has 2 aromatic rings. The van der Waals surface area contributed by atoms with Crippen molar-refractivity contribution in [1.29, 1.82) is 0 Å². The van der Waals surface area contributed by atoms with E-state index >= 15 is 0 Å². The summed E-state index contributed by atoms with van der Waals surface area (Å²) >= 11 is 0. The van der Waals surface area contributed by atoms with E-state index in [9.17, 15) is 35.9 Å². The van der Waals surface area contributed by atoms with Crippen LogP contribution in [0.5, 0.6) is 0 Å². The van der Waals surface area contributed by atoms with Gasteiger partial charge < -0.3 is 9.67 Å². The molecule has 10 heteroatoms. The fourth-order valence-electron chi connectivity index (χ4n) is 2.68. The highest BCUT2D eigenvalue weighted by Crippen LogP contribution is 2.37. The van der Waals surface area contributed by atoms with Crippen molar-refractivity contribution in [3.05, 3.63) is 69.6 Å². The van der Waals surface area contributed by atoms with Gasteiger partial charge in [0.05, 0.1) is 23.9 Å². The molecule has 1 aromatic heterocycles. The molecule has 0 amide bonds. The maximum atomic E-state index is 12.9. The fourth-order valence-corrected chi connectivity index (χ4v) is 2.68. The highest BCUT2D eigenvalue weighted by atomic mass is 19.4. The Balaban J connectivity index is 2.30. The lowest BCUT2D eigenvalue weighted by molar-refractivity contribution is -0.183. The normalized spacial score (nSPS) is 14.5. The summed E-state index contributed by atoms with van der Waals surface area (Å²) in [6, 6.07) is 6.30. The quantitative estimate of drug-likeness (QED) is 0.753. The van der Waals surface area contributed by atoms with E-state index in [4.69, 9.17) is 5.11 Å². The number of hydrogen-bond acceptors (Lipinski definition) is 2. The van der Waals surface area contributed by atoms with Crippen LogP contribution in [0.1, 0.15) is 29.5 Å². The molecular formula is C18H15F6NO3. The number of alkyl halides is 6. The molecule has 4 nitrogen and oxygen atoms in total. The number of halogens is 6. The highest BCUT2D eigenvalue weighted by molar-refractivity contribution is 5.76. The lowest BCUT2D eigenvalue weighted by Gasteiger charge is -2.23. The van der Waals surface area contributed by atoms with Crippen LogP contribution in [0.4, 0.5) is 26.3 Å². The number of rotatable bonds is 5. The largest absolute Gasteiger partial charge is 0.481 e. The summed E-state index contributed by atoms with van der Waals surface area (Å²) in [5.41, 5.74) is -1.48. The third kappa shape index (κ3) is 4.93. The van der Waals surface area contributed by atoms with Crippen molar-refractivity contribution in [2.75, 3.05) is 0 Å². The van der Waals surface area contributed by atoms with E-state index in [-0.39, 0.29) is 12.1 Å². The topological polar surface area (TPSA) is 59.3 Å². The van der Waals surface area contributed by atoms with Gasteiger partial charge in [0.1, 0.15) is 0 Å². The smallest absolute Gasteiger partial charge is 0.417 e. The van der Waals surface area contributed by atoms with Crippen LogP contribution in [-0.4, -0.2) is 21.8 Å². The lowest BCUT2D eigenvalue weighted by Crippen LogP contribution is -2.31. The molecule has 152 valence electrons. The molecule has 0 fully saturated rings. The predicted octanol–water partition coefficient (Wildman–Crippen LogP) is 4.28. The van der Waals surface area contributed by atoms with Gasteiger partial charge in [-0.1, -0.05) is 31.2 Å². The number of carbonyl (C=O) groups is 1. The van der Waals surface area contributed by atoms with E-state index in [0.717, 1.165) is 29.7 Å². The number of carboxylic acids is 1. The van der Waals surface area contributed by atoms with Crippen LogP contribution in [0, 0.1) is 5.92 Å². The lowest BCUT2D eigenvalue weighted by atomic mass is 9.86. The van der Waals surface area contributed by atoms with Crippen LogP contribution in [0.25, 0.3) is 0 Å². The van der Waals surface area contributed by atoms with Crippen molar-refractivity contribution in [3.8, 4) is 0 Å². The maximum Gasteiger partial charge on any atom is 0.417 e. The molecule has 28 heavy (non-hydrogen) atoms. The molecule has 0 saturated carbocycles. The zero-order valence-electron chi connectivity index (χ0n) is 14.4. The number of benzene rings is 1. The average Bonchev–Trinajstić information content (AvgIpc) is 2.56. The second-order valence-corrected chi connectivity index (χ2v) is 6.27. The zero-order chi connectivity index (χ0) is 21.3. The van der Waals surface area contributed by atoms with Crippen LogP contribution >= 0.6 is 0 Å². The van der Waals surface area contributed by atoms with Crippen molar-refractivity contribution in [1.82, 2.24) is 4.57 Å². The molecule has 1 heterocycles. The Bertz CT molecular complexity index is 899. The minimum absolute atomic E-state index is 0.0996. The van der Waals surface area contributed by atoms with Gasteiger partial charge in [-0.05, 0) is 17.2 Å². The number of carboxylic acid groups (broad SMARTS) is 1. The summed E-state index contributed by atoms with van der Waals surface area (Å²) in [7, 11) is 0. The summed E-state index contributed by atoms with van der Waals surface area (Å²) in [5.74, 6) is -5.61. The van der Waals surface area contributed by atoms with Gasteiger partial charge in [-0.25, -0.2) is 0 Å². The zero-order valence-corrected chi connectivity index (χ0v) is 14.4. The average molecular weight is 407 g/mol. The minimum Gasteiger partial charge on any atom is -0.481 e. The Labute approximate surface area is 155 Å². The number of nitrogens with zero attached hydrogens (tertiary/aromatic N) is 1. The molecule has 0 unspecified atom stereocenters. The first-order valence-electron chi connectivity index (χ1n) is 7.96. The first-order valence-corrected chi connectivity index (χ1v) is 7.96. The Morgan fingerprint density at radius 2 is 1.61 bits per heavy atom. The molecule has 2 atom stereocenters. The monoisotopic (exact) mass is 407 g/mol. The summed E-state index contributed by atoms with van der Waals surface area (Å²) < 4.78 is 77.8. The highest BCUT2D eigenvalue weighted by Gasteiger charge is 2.45. The van der Waals surface area contributed by atoms with E-state index in [0.29, 0.717) is 17.8 Å². The first-order chi connectivity index (χ1) is 12.8. The van der Waals surface area contributed by atoms with Gasteiger partial charge >= 0.3 is 18.3 Å². The van der Waals surface area contributed by atoms with Crippen molar-refractivity contribution < 1.29 is 36.2 Å². The third-order valence-electron chi connectivity index (χ3n) is 4.28. The molecule has 1 N–H and O–H groups in total. The number of aliphatic carboxylic acids is 1. The van der Waals surface area contributed by atoms with E-state index in [1.54, 1.807) is 0 Å². The first kappa shape index (κ1) is 21.5. The van der Waals surface area contributed by atoms with Crippen LogP contribution in [0.2, 0.25) is 0 Å². The molecule has 2 rings (SSSR count). The van der Waals surface area contributed by atoms with Crippen LogP contribution in [0.3, 0.4) is 0 Å². The second kappa shape index (κ2) is 7.69. The van der Waals surface area contributed by atoms with Gasteiger partial charge in [0.25, 0.3) is 5.56 Å². The SMILES string of the molecule is C[C@H]([C@H](C(=O)O)c1ccc(Cn2cc(C(F)(F)F)ccc2=O)cc1)C(F)(F)F. The van der Waals surface area contributed by atoms with E-state index < -0.39 is 41.3 Å². The molecular weight excluding hydrogens is 392 g/mol. The Kier molecular flexibility index (Phi) is 5.91. The molecule has 0 radical (unpaired) electrons. The van der Waals surface area contributed by atoms with Crippen LogP contribution in [0.15, 0.2) is 47.4 Å². The number of hydrogen-bond donors (Lipinski definition) is 1. The van der Waals surface area contributed by atoms with Gasteiger partial charge in [0.2, 0.25) is 0 Å². The molecule has 0 aliphatic carbocycles. The van der Waals surface area contributed by atoms with E-state index in [2.05, 4.69) is 0 Å². The summed E-state index contributed by atoms with van der Waals surface area (Å²) in [4.78, 5) is 23.0. The standard InChI is InChI=1S/C18H15F6NO3/c1-10(17(19,20)21)15(16(27)28)12-4-2-11(3-5-12)8-25-9-13(18(22,23)24)6-7-14(25)26/h2-7,9-10,15H,8H2,1H3,(H,27,28)/t10-,15+/m1/s1. The third-order valence-corrected chi connectivity index (χ3v) is 4.28. The second-order valence-electron chi connectivity index (χ2n) is 6.27. The number of pyridine rings is 1. The van der Waals surface area contributed by atoms with E-state index in [1.807, 2.05) is 0 Å². The van der Waals surface area contributed by atoms with Gasteiger partial charge in [0.15, 0.2) is 0 Å². The van der Waals surface area contributed by atoms with Crippen molar-refractivity contribution in [2.45, 2.75) is 31.7 Å². The summed E-state index contributed by atoms with van der Waals surface area (Å²) in [6.07, 6.45) is -8.71. The van der Waals surface area contributed by atoms with Crippen molar-refractivity contribution in [2.24, 2.45) is 5.92 Å². The van der Waals surface area contributed by atoms with Crippen LogP contribution in [-0.2, 0) is 17.5 Å². The van der Waals surface area contributed by atoms with Gasteiger partial charge in [-0.3, -0.25) is 9.59 Å². The molecule has 0 saturated heterocycles. The van der Waals surface area contributed by atoms with Crippen molar-refractivity contribution in [3.63, 3.8) is 0 Å².